The second-order valence-corrected chi connectivity index (χ2v) is 8.03. The highest BCUT2D eigenvalue weighted by Gasteiger charge is 2.37. The molecule has 1 fully saturated rings. The molecule has 3 aromatic rings. The predicted octanol–water partition coefficient (Wildman–Crippen LogP) is 4.42. The number of hydrogen-bond donors (Lipinski definition) is 2. The lowest BCUT2D eigenvalue weighted by molar-refractivity contribution is -0.150. The zero-order chi connectivity index (χ0) is 22.1. The van der Waals surface area contributed by atoms with Crippen molar-refractivity contribution >= 4 is 28.6 Å². The highest BCUT2D eigenvalue weighted by atomic mass is 16.4. The summed E-state index contributed by atoms with van der Waals surface area (Å²) in [6.45, 7) is 1.81. The fourth-order valence-electron chi connectivity index (χ4n) is 3.68. The third-order valence-corrected chi connectivity index (χ3v) is 5.76. The molecule has 158 valence electrons. The van der Waals surface area contributed by atoms with Gasteiger partial charge in [-0.1, -0.05) is 36.4 Å². The Morgan fingerprint density at radius 3 is 2.13 bits per heavy atom. The highest BCUT2D eigenvalue weighted by Crippen LogP contribution is 2.33. The number of carbonyl (C=O) groups is 3. The van der Waals surface area contributed by atoms with E-state index in [1.807, 2.05) is 36.4 Å². The number of carboxylic acids is 2. The van der Waals surface area contributed by atoms with Crippen LogP contribution in [0.3, 0.4) is 0 Å². The number of aliphatic carboxylic acids is 1. The fraction of sp³-hybridized carbons (Fsp3) is 0.240. The molecule has 1 atom stereocenters. The minimum Gasteiger partial charge on any atom is -0.480 e. The summed E-state index contributed by atoms with van der Waals surface area (Å²) in [6, 6.07) is 17.7. The maximum absolute atomic E-state index is 12.6. The third kappa shape index (κ3) is 4.43. The summed E-state index contributed by atoms with van der Waals surface area (Å²) in [4.78, 5) is 36.6. The van der Waals surface area contributed by atoms with Crippen LogP contribution in [0.5, 0.6) is 0 Å². The van der Waals surface area contributed by atoms with Crippen LogP contribution in [-0.4, -0.2) is 39.0 Å². The molecule has 31 heavy (non-hydrogen) atoms. The summed E-state index contributed by atoms with van der Waals surface area (Å²) in [6.07, 6.45) is 1.66. The molecule has 0 aromatic heterocycles. The lowest BCUT2D eigenvalue weighted by Gasteiger charge is -2.27. The number of hydrogen-bond acceptors (Lipinski definition) is 3. The third-order valence-electron chi connectivity index (χ3n) is 5.76. The number of nitrogens with zero attached hydrogens (tertiary/aromatic N) is 1. The van der Waals surface area contributed by atoms with Crippen molar-refractivity contribution in [2.75, 3.05) is 0 Å². The lowest BCUT2D eigenvalue weighted by Crippen LogP contribution is -2.43. The van der Waals surface area contributed by atoms with Gasteiger partial charge in [-0.05, 0) is 71.5 Å². The summed E-state index contributed by atoms with van der Waals surface area (Å²) in [5.74, 6) is -2.09. The van der Waals surface area contributed by atoms with Crippen molar-refractivity contribution in [3.8, 4) is 11.1 Å². The van der Waals surface area contributed by atoms with Gasteiger partial charge in [0.05, 0.1) is 5.56 Å². The van der Waals surface area contributed by atoms with Gasteiger partial charge in [-0.15, -0.1) is 0 Å². The second kappa shape index (κ2) is 8.22. The molecular formula is C25H23NO5. The van der Waals surface area contributed by atoms with Crippen LogP contribution in [0.4, 0.5) is 0 Å². The van der Waals surface area contributed by atoms with Gasteiger partial charge in [-0.25, -0.2) is 9.59 Å². The first-order valence-corrected chi connectivity index (χ1v) is 10.2. The number of rotatable bonds is 7. The van der Waals surface area contributed by atoms with E-state index in [0.717, 1.165) is 40.3 Å². The summed E-state index contributed by atoms with van der Waals surface area (Å²) in [5, 5.41) is 20.5. The smallest absolute Gasteiger partial charge is 0.335 e. The van der Waals surface area contributed by atoms with Crippen LogP contribution in [0.1, 0.15) is 35.7 Å². The van der Waals surface area contributed by atoms with Gasteiger partial charge in [0.15, 0.2) is 0 Å². The zero-order valence-electron chi connectivity index (χ0n) is 17.1. The van der Waals surface area contributed by atoms with Gasteiger partial charge in [-0.2, -0.15) is 0 Å². The van der Waals surface area contributed by atoms with E-state index in [-0.39, 0.29) is 23.9 Å². The maximum atomic E-state index is 12.6. The molecular weight excluding hydrogens is 394 g/mol. The minimum absolute atomic E-state index is 0.0441. The Hall–Kier alpha value is -3.67. The first kappa shape index (κ1) is 20.6. The van der Waals surface area contributed by atoms with Crippen molar-refractivity contribution in [1.29, 1.82) is 0 Å². The van der Waals surface area contributed by atoms with E-state index >= 15 is 0 Å². The van der Waals surface area contributed by atoms with Gasteiger partial charge in [0, 0.05) is 12.5 Å². The van der Waals surface area contributed by atoms with Gasteiger partial charge in [0.1, 0.15) is 6.04 Å². The average molecular weight is 417 g/mol. The Labute approximate surface area is 179 Å². The number of benzene rings is 3. The molecule has 6 nitrogen and oxygen atoms in total. The molecule has 2 N–H and O–H groups in total. The molecule has 1 aliphatic carbocycles. The van der Waals surface area contributed by atoms with Crippen LogP contribution >= 0.6 is 0 Å². The molecule has 0 saturated heterocycles. The summed E-state index contributed by atoms with van der Waals surface area (Å²) in [5.41, 5.74) is 3.03. The largest absolute Gasteiger partial charge is 0.480 e. The molecule has 6 heteroatoms. The van der Waals surface area contributed by atoms with Crippen molar-refractivity contribution in [3.05, 3.63) is 71.8 Å². The van der Waals surface area contributed by atoms with Crippen LogP contribution in [0.15, 0.2) is 60.7 Å². The molecule has 4 rings (SSSR count). The molecule has 1 amide bonds. The number of fused-ring (bicyclic) bond motifs is 1. The van der Waals surface area contributed by atoms with E-state index in [1.54, 1.807) is 31.2 Å². The van der Waals surface area contributed by atoms with E-state index in [2.05, 4.69) is 0 Å². The van der Waals surface area contributed by atoms with Crippen molar-refractivity contribution in [2.24, 2.45) is 5.92 Å². The molecule has 0 spiro atoms. The Balaban J connectivity index is 1.59. The van der Waals surface area contributed by atoms with Crippen LogP contribution in [-0.2, 0) is 16.1 Å². The van der Waals surface area contributed by atoms with Gasteiger partial charge >= 0.3 is 11.9 Å². The summed E-state index contributed by atoms with van der Waals surface area (Å²) in [7, 11) is 0. The number of carbonyl (C=O) groups excluding carboxylic acids is 1. The quantitative estimate of drug-likeness (QED) is 0.594. The first-order valence-electron chi connectivity index (χ1n) is 10.2. The number of carboxylic acid groups (broad SMARTS) is 2. The molecule has 1 unspecified atom stereocenters. The highest BCUT2D eigenvalue weighted by molar-refractivity contribution is 5.90. The molecule has 1 aliphatic rings. The Kier molecular flexibility index (Phi) is 5.46. The first-order chi connectivity index (χ1) is 14.8. The van der Waals surface area contributed by atoms with Crippen LogP contribution in [0.2, 0.25) is 0 Å². The minimum atomic E-state index is -1.01. The SMILES string of the molecule is CC(C(=O)O)N(Cc1ccc2cc(-c3ccc(C(=O)O)cc3)ccc2c1)C(=O)C1CC1. The van der Waals surface area contributed by atoms with Crippen LogP contribution in [0.25, 0.3) is 21.9 Å². The van der Waals surface area contributed by atoms with Crippen molar-refractivity contribution in [3.63, 3.8) is 0 Å². The van der Waals surface area contributed by atoms with Gasteiger partial charge in [-0.3, -0.25) is 4.79 Å². The van der Waals surface area contributed by atoms with Crippen LogP contribution in [0, 0.1) is 5.92 Å². The van der Waals surface area contributed by atoms with E-state index < -0.39 is 18.0 Å². The zero-order valence-corrected chi connectivity index (χ0v) is 17.1. The van der Waals surface area contributed by atoms with E-state index in [9.17, 15) is 19.5 Å². The summed E-state index contributed by atoms with van der Waals surface area (Å²) < 4.78 is 0. The van der Waals surface area contributed by atoms with Crippen molar-refractivity contribution < 1.29 is 24.6 Å². The Morgan fingerprint density at radius 1 is 0.903 bits per heavy atom. The lowest BCUT2D eigenvalue weighted by atomic mass is 9.99. The predicted molar refractivity (Wildman–Crippen MR) is 117 cm³/mol. The maximum Gasteiger partial charge on any atom is 0.335 e. The van der Waals surface area contributed by atoms with Crippen molar-refractivity contribution in [1.82, 2.24) is 4.90 Å². The molecule has 3 aromatic carbocycles. The van der Waals surface area contributed by atoms with E-state index in [4.69, 9.17) is 5.11 Å². The average Bonchev–Trinajstić information content (AvgIpc) is 3.61. The van der Waals surface area contributed by atoms with E-state index in [0.29, 0.717) is 0 Å². The van der Waals surface area contributed by atoms with Crippen molar-refractivity contribution in [2.45, 2.75) is 32.4 Å². The Bertz CT molecular complexity index is 1160. The molecule has 1 saturated carbocycles. The van der Waals surface area contributed by atoms with E-state index in [1.165, 1.54) is 4.90 Å². The molecule has 0 bridgehead atoms. The second-order valence-electron chi connectivity index (χ2n) is 8.03. The monoisotopic (exact) mass is 417 g/mol. The standard InChI is InChI=1S/C25H23NO5/c1-15(24(28)29)26(23(27)18-6-7-18)14-16-2-3-22-13-21(11-10-20(22)12-16)17-4-8-19(9-5-17)25(30)31/h2-5,8-13,15,18H,6-7,14H2,1H3,(H,28,29)(H,30,31). The topological polar surface area (TPSA) is 94.9 Å². The Morgan fingerprint density at radius 2 is 1.52 bits per heavy atom. The fourth-order valence-corrected chi connectivity index (χ4v) is 3.68. The number of aromatic carboxylic acids is 1. The molecule has 0 heterocycles. The van der Waals surface area contributed by atoms with Gasteiger partial charge < -0.3 is 15.1 Å². The molecule has 0 radical (unpaired) electrons. The number of amides is 1. The molecule has 0 aliphatic heterocycles. The van der Waals surface area contributed by atoms with Crippen LogP contribution < -0.4 is 0 Å². The summed E-state index contributed by atoms with van der Waals surface area (Å²) >= 11 is 0. The van der Waals surface area contributed by atoms with Gasteiger partial charge in [0.2, 0.25) is 5.91 Å². The van der Waals surface area contributed by atoms with Gasteiger partial charge in [0.25, 0.3) is 0 Å². The normalized spacial score (nSPS) is 14.2.